The first kappa shape index (κ1) is 20.8. The van der Waals surface area contributed by atoms with E-state index in [2.05, 4.69) is 5.32 Å². The number of ether oxygens (including phenoxy) is 1. The Labute approximate surface area is 166 Å². The van der Waals surface area contributed by atoms with Crippen molar-refractivity contribution in [3.63, 3.8) is 0 Å². The Morgan fingerprint density at radius 3 is 2.44 bits per heavy atom. The topological polar surface area (TPSA) is 75.7 Å². The Kier molecular flexibility index (Phi) is 7.69. The van der Waals surface area contributed by atoms with Gasteiger partial charge in [0.15, 0.2) is 6.61 Å². The molecule has 142 valence electrons. The molecule has 0 fully saturated rings. The fourth-order valence-electron chi connectivity index (χ4n) is 1.99. The van der Waals surface area contributed by atoms with E-state index < -0.39 is 18.5 Å². The van der Waals surface area contributed by atoms with Gasteiger partial charge in [-0.25, -0.2) is 4.79 Å². The molecule has 0 saturated heterocycles. The smallest absolute Gasteiger partial charge is 0.339 e. The summed E-state index contributed by atoms with van der Waals surface area (Å²) in [5, 5.41) is 2.97. The highest BCUT2D eigenvalue weighted by atomic mass is 35.5. The maximum absolute atomic E-state index is 12.3. The number of benzene rings is 2. The van der Waals surface area contributed by atoms with Crippen LogP contribution in [0.25, 0.3) is 0 Å². The fraction of sp³-hybridized carbons (Fsp3) is 0.211. The summed E-state index contributed by atoms with van der Waals surface area (Å²) < 4.78 is 5.09. The van der Waals surface area contributed by atoms with Crippen molar-refractivity contribution in [1.29, 1.82) is 0 Å². The molecule has 0 spiro atoms. The van der Waals surface area contributed by atoms with Crippen molar-refractivity contribution in [3.05, 3.63) is 59.1 Å². The fourth-order valence-corrected chi connectivity index (χ4v) is 3.19. The summed E-state index contributed by atoms with van der Waals surface area (Å²) >= 11 is 7.21. The molecule has 0 saturated carbocycles. The third-order valence-electron chi connectivity index (χ3n) is 3.44. The second kappa shape index (κ2) is 9.99. The minimum Gasteiger partial charge on any atom is -0.452 e. The molecule has 0 atom stereocenters. The molecular formula is C19H19ClN2O4S. The van der Waals surface area contributed by atoms with Gasteiger partial charge in [0.05, 0.1) is 22.0 Å². The maximum atomic E-state index is 12.3. The Morgan fingerprint density at radius 2 is 1.74 bits per heavy atom. The molecule has 2 aromatic carbocycles. The number of anilines is 1. The van der Waals surface area contributed by atoms with Gasteiger partial charge in [0.2, 0.25) is 5.91 Å². The van der Waals surface area contributed by atoms with Crippen LogP contribution in [0.1, 0.15) is 10.4 Å². The summed E-state index contributed by atoms with van der Waals surface area (Å²) in [6.07, 6.45) is 0. The summed E-state index contributed by atoms with van der Waals surface area (Å²) in [4.78, 5) is 38.1. The van der Waals surface area contributed by atoms with E-state index in [1.165, 1.54) is 16.7 Å². The highest BCUT2D eigenvalue weighted by Gasteiger charge is 2.16. The molecule has 0 radical (unpaired) electrons. The number of halogens is 1. The van der Waals surface area contributed by atoms with Crippen LogP contribution in [0.4, 0.5) is 5.69 Å². The van der Waals surface area contributed by atoms with Crippen molar-refractivity contribution in [3.8, 4) is 0 Å². The normalized spacial score (nSPS) is 10.2. The highest BCUT2D eigenvalue weighted by Crippen LogP contribution is 2.24. The van der Waals surface area contributed by atoms with Gasteiger partial charge in [-0.3, -0.25) is 9.59 Å². The van der Waals surface area contributed by atoms with Crippen molar-refractivity contribution in [2.24, 2.45) is 0 Å². The number of esters is 1. The van der Waals surface area contributed by atoms with Gasteiger partial charge >= 0.3 is 5.97 Å². The van der Waals surface area contributed by atoms with Crippen LogP contribution >= 0.6 is 23.4 Å². The lowest BCUT2D eigenvalue weighted by atomic mass is 10.2. The maximum Gasteiger partial charge on any atom is 0.339 e. The zero-order valence-electron chi connectivity index (χ0n) is 14.9. The molecule has 0 aliphatic rings. The molecule has 2 aromatic rings. The Balaban J connectivity index is 1.95. The first-order valence-electron chi connectivity index (χ1n) is 8.02. The van der Waals surface area contributed by atoms with E-state index in [0.717, 1.165) is 0 Å². The number of hydrogen-bond donors (Lipinski definition) is 1. The van der Waals surface area contributed by atoms with E-state index in [1.54, 1.807) is 62.6 Å². The third-order valence-corrected chi connectivity index (χ3v) is 4.83. The van der Waals surface area contributed by atoms with Gasteiger partial charge in [0, 0.05) is 19.0 Å². The van der Waals surface area contributed by atoms with Gasteiger partial charge in [-0.2, -0.15) is 0 Å². The number of thioether (sulfide) groups is 1. The Bertz CT molecular complexity index is 842. The van der Waals surface area contributed by atoms with Crippen LogP contribution in [0.2, 0.25) is 5.02 Å². The molecule has 27 heavy (non-hydrogen) atoms. The average Bonchev–Trinajstić information content (AvgIpc) is 2.66. The first-order chi connectivity index (χ1) is 12.9. The largest absolute Gasteiger partial charge is 0.452 e. The van der Waals surface area contributed by atoms with E-state index in [9.17, 15) is 14.4 Å². The summed E-state index contributed by atoms with van der Waals surface area (Å²) in [6, 6.07) is 13.6. The number of carbonyl (C=O) groups excluding carboxylic acids is 3. The van der Waals surface area contributed by atoms with Crippen LogP contribution in [0, 0.1) is 0 Å². The number of carbonyl (C=O) groups is 3. The monoisotopic (exact) mass is 406 g/mol. The van der Waals surface area contributed by atoms with Gasteiger partial charge in [-0.1, -0.05) is 35.9 Å². The van der Waals surface area contributed by atoms with Gasteiger partial charge < -0.3 is 15.0 Å². The average molecular weight is 407 g/mol. The predicted molar refractivity (Wildman–Crippen MR) is 106 cm³/mol. The van der Waals surface area contributed by atoms with Gasteiger partial charge in [-0.15, -0.1) is 11.8 Å². The van der Waals surface area contributed by atoms with Crippen LogP contribution in [0.15, 0.2) is 53.4 Å². The van der Waals surface area contributed by atoms with Crippen molar-refractivity contribution in [2.75, 3.05) is 31.8 Å². The summed E-state index contributed by atoms with van der Waals surface area (Å²) in [6.45, 7) is -0.445. The molecule has 0 aliphatic carbocycles. The van der Waals surface area contributed by atoms with Crippen LogP contribution in [0.5, 0.6) is 0 Å². The van der Waals surface area contributed by atoms with Crippen LogP contribution in [-0.4, -0.2) is 49.1 Å². The third kappa shape index (κ3) is 6.30. The lowest BCUT2D eigenvalue weighted by molar-refractivity contribution is -0.125. The first-order valence-corrected chi connectivity index (χ1v) is 9.38. The molecule has 8 heteroatoms. The minimum atomic E-state index is -0.635. The highest BCUT2D eigenvalue weighted by molar-refractivity contribution is 8.00. The van der Waals surface area contributed by atoms with Gasteiger partial charge in [-0.05, 0) is 24.3 Å². The van der Waals surface area contributed by atoms with E-state index in [4.69, 9.17) is 16.3 Å². The Morgan fingerprint density at radius 1 is 1.07 bits per heavy atom. The minimum absolute atomic E-state index is 0.0673. The number of amides is 2. The molecule has 0 heterocycles. The molecule has 0 bridgehead atoms. The number of nitrogens with one attached hydrogen (secondary N) is 1. The zero-order valence-corrected chi connectivity index (χ0v) is 16.5. The van der Waals surface area contributed by atoms with Crippen molar-refractivity contribution >= 4 is 46.8 Å². The molecule has 1 N–H and O–H groups in total. The summed E-state index contributed by atoms with van der Waals surface area (Å²) in [5.41, 5.74) is 0.748. The van der Waals surface area contributed by atoms with Crippen molar-refractivity contribution in [2.45, 2.75) is 4.90 Å². The van der Waals surface area contributed by atoms with Crippen LogP contribution < -0.4 is 5.32 Å². The Hall–Kier alpha value is -2.51. The molecule has 2 rings (SSSR count). The predicted octanol–water partition coefficient (Wildman–Crippen LogP) is 3.32. The van der Waals surface area contributed by atoms with E-state index in [0.29, 0.717) is 21.2 Å². The second-order valence-electron chi connectivity index (χ2n) is 5.68. The SMILES string of the molecule is CN(C)C(=O)CSc1ccccc1C(=O)OCC(=O)Nc1ccccc1Cl. The number of nitrogens with zero attached hydrogens (tertiary/aromatic N) is 1. The zero-order chi connectivity index (χ0) is 19.8. The summed E-state index contributed by atoms with van der Waals surface area (Å²) in [5.74, 6) is -0.999. The van der Waals surface area contributed by atoms with E-state index >= 15 is 0 Å². The van der Waals surface area contributed by atoms with Crippen LogP contribution in [0.3, 0.4) is 0 Å². The molecule has 0 aliphatic heterocycles. The number of hydrogen-bond acceptors (Lipinski definition) is 5. The summed E-state index contributed by atoms with van der Waals surface area (Å²) in [7, 11) is 3.33. The van der Waals surface area contributed by atoms with E-state index in [1.807, 2.05) is 0 Å². The molecule has 0 unspecified atom stereocenters. The quantitative estimate of drug-likeness (QED) is 0.564. The standard InChI is InChI=1S/C19H19ClN2O4S/c1-22(2)18(24)12-27-16-10-6-3-7-13(16)19(25)26-11-17(23)21-15-9-5-4-8-14(15)20/h3-10H,11-12H2,1-2H3,(H,21,23). The lowest BCUT2D eigenvalue weighted by Gasteiger charge is -2.12. The molecule has 6 nitrogen and oxygen atoms in total. The van der Waals surface area contributed by atoms with E-state index in [-0.39, 0.29) is 11.7 Å². The molecular weight excluding hydrogens is 388 g/mol. The van der Waals surface area contributed by atoms with Gasteiger partial charge in [0.1, 0.15) is 0 Å². The number of para-hydroxylation sites is 1. The van der Waals surface area contributed by atoms with Crippen LogP contribution in [-0.2, 0) is 14.3 Å². The number of rotatable bonds is 7. The van der Waals surface area contributed by atoms with Crippen molar-refractivity contribution < 1.29 is 19.1 Å². The second-order valence-corrected chi connectivity index (χ2v) is 7.10. The lowest BCUT2D eigenvalue weighted by Crippen LogP contribution is -2.23. The van der Waals surface area contributed by atoms with Gasteiger partial charge in [0.25, 0.3) is 5.91 Å². The molecule has 2 amide bonds. The van der Waals surface area contributed by atoms with Crippen molar-refractivity contribution in [1.82, 2.24) is 4.90 Å². The molecule has 0 aromatic heterocycles.